The summed E-state index contributed by atoms with van der Waals surface area (Å²) < 4.78 is 7.76. The lowest BCUT2D eigenvalue weighted by Gasteiger charge is -2.43. The fourth-order valence-corrected chi connectivity index (χ4v) is 3.65. The zero-order valence-corrected chi connectivity index (χ0v) is 14.6. The van der Waals surface area contributed by atoms with E-state index in [9.17, 15) is 0 Å². The highest BCUT2D eigenvalue weighted by Gasteiger charge is 2.38. The predicted octanol–water partition coefficient (Wildman–Crippen LogP) is 5.45. The summed E-state index contributed by atoms with van der Waals surface area (Å²) in [6.45, 7) is 4.41. The van der Waals surface area contributed by atoms with E-state index >= 15 is 0 Å². The number of rotatable bonds is 3. The van der Waals surface area contributed by atoms with Crippen molar-refractivity contribution in [3.8, 4) is 0 Å². The average molecular weight is 393 g/mol. The Balaban J connectivity index is 2.05. The van der Waals surface area contributed by atoms with Gasteiger partial charge in [-0.1, -0.05) is 44.2 Å². The Hall–Kier alpha value is -1.07. The van der Waals surface area contributed by atoms with Gasteiger partial charge in [-0.15, -0.1) is 0 Å². The number of para-hydroxylation sites is 1. The van der Waals surface area contributed by atoms with Crippen LogP contribution in [0.5, 0.6) is 0 Å². The van der Waals surface area contributed by atoms with E-state index in [1.165, 1.54) is 20.4 Å². The van der Waals surface area contributed by atoms with Crippen molar-refractivity contribution in [2.45, 2.75) is 38.5 Å². The summed E-state index contributed by atoms with van der Waals surface area (Å²) in [5.74, 6) is 0. The largest absolute Gasteiger partial charge is 0.356 e. The summed E-state index contributed by atoms with van der Waals surface area (Å²) in [7, 11) is 0. The summed E-state index contributed by atoms with van der Waals surface area (Å²) in [6, 6.07) is 17.0. The molecule has 1 aliphatic heterocycles. The second-order valence-corrected chi connectivity index (χ2v) is 6.69. The molecule has 1 N–H and O–H groups in total. The number of benzene rings is 2. The van der Waals surface area contributed by atoms with Crippen molar-refractivity contribution in [3.63, 3.8) is 0 Å². The molecular weight excluding hydrogens is 373 g/mol. The van der Waals surface area contributed by atoms with Gasteiger partial charge in [-0.2, -0.15) is 0 Å². The molecule has 3 heteroatoms. The van der Waals surface area contributed by atoms with Crippen molar-refractivity contribution in [2.24, 2.45) is 0 Å². The molecular formula is C18H20INO. The predicted molar refractivity (Wildman–Crippen MR) is 95.3 cm³/mol. The first-order valence-corrected chi connectivity index (χ1v) is 8.55. The van der Waals surface area contributed by atoms with E-state index in [1.54, 1.807) is 0 Å². The monoisotopic (exact) mass is 393 g/mol. The van der Waals surface area contributed by atoms with Crippen LogP contribution in [0.3, 0.4) is 0 Å². The van der Waals surface area contributed by atoms with Crippen molar-refractivity contribution in [3.05, 3.63) is 63.2 Å². The molecule has 0 aliphatic carbocycles. The van der Waals surface area contributed by atoms with Gasteiger partial charge in [0.05, 0.1) is 5.60 Å². The van der Waals surface area contributed by atoms with E-state index in [0.717, 1.165) is 12.8 Å². The summed E-state index contributed by atoms with van der Waals surface area (Å²) in [4.78, 5) is 0. The molecule has 2 aromatic carbocycles. The van der Waals surface area contributed by atoms with Crippen molar-refractivity contribution >= 4 is 28.3 Å². The van der Waals surface area contributed by atoms with E-state index < -0.39 is 0 Å². The van der Waals surface area contributed by atoms with Crippen LogP contribution in [0.1, 0.15) is 44.0 Å². The molecule has 0 saturated heterocycles. The smallest absolute Gasteiger partial charge is 0.155 e. The third kappa shape index (κ3) is 2.69. The van der Waals surface area contributed by atoms with Crippen molar-refractivity contribution in [1.29, 1.82) is 0 Å². The number of ether oxygens (including phenoxy) is 1. The molecule has 0 saturated carbocycles. The first-order chi connectivity index (χ1) is 10.2. The van der Waals surface area contributed by atoms with E-state index in [1.807, 2.05) is 0 Å². The molecule has 1 heterocycles. The number of nitrogens with one attached hydrogen (secondary N) is 1. The maximum Gasteiger partial charge on any atom is 0.155 e. The number of anilines is 1. The van der Waals surface area contributed by atoms with Crippen molar-refractivity contribution in [1.82, 2.24) is 0 Å². The van der Waals surface area contributed by atoms with Crippen LogP contribution >= 0.6 is 22.6 Å². The Morgan fingerprint density at radius 1 is 1.10 bits per heavy atom. The van der Waals surface area contributed by atoms with Crippen LogP contribution in [0.4, 0.5) is 5.69 Å². The van der Waals surface area contributed by atoms with Gasteiger partial charge in [-0.25, -0.2) is 0 Å². The van der Waals surface area contributed by atoms with Crippen LogP contribution in [-0.2, 0) is 10.3 Å². The van der Waals surface area contributed by atoms with Gasteiger partial charge in [0.25, 0.3) is 0 Å². The molecule has 3 rings (SSSR count). The topological polar surface area (TPSA) is 21.3 Å². The Labute approximate surface area is 140 Å². The summed E-state index contributed by atoms with van der Waals surface area (Å²) in [5, 5.41) is 3.54. The Morgan fingerprint density at radius 3 is 2.57 bits per heavy atom. The van der Waals surface area contributed by atoms with Gasteiger partial charge in [0.2, 0.25) is 0 Å². The molecule has 2 nitrogen and oxygen atoms in total. The maximum atomic E-state index is 6.53. The lowest BCUT2D eigenvalue weighted by atomic mass is 9.85. The highest BCUT2D eigenvalue weighted by Crippen LogP contribution is 2.45. The number of halogens is 1. The second kappa shape index (κ2) is 5.97. The molecule has 110 valence electrons. The van der Waals surface area contributed by atoms with Gasteiger partial charge >= 0.3 is 0 Å². The molecule has 1 atom stereocenters. The Morgan fingerprint density at radius 2 is 1.86 bits per heavy atom. The Kier molecular flexibility index (Phi) is 4.22. The third-order valence-electron chi connectivity index (χ3n) is 4.34. The zero-order chi connectivity index (χ0) is 14.9. The minimum absolute atomic E-state index is 0.0884. The number of fused-ring (bicyclic) bond motifs is 1. The molecule has 0 aromatic heterocycles. The molecule has 0 fully saturated rings. The minimum atomic E-state index is -0.201. The molecule has 0 spiro atoms. The third-order valence-corrected chi connectivity index (χ3v) is 5.01. The molecule has 1 unspecified atom stereocenters. The highest BCUT2D eigenvalue weighted by molar-refractivity contribution is 14.1. The van der Waals surface area contributed by atoms with E-state index in [2.05, 4.69) is 90.3 Å². The van der Waals surface area contributed by atoms with Gasteiger partial charge in [0.1, 0.15) is 0 Å². The maximum absolute atomic E-state index is 6.53. The van der Waals surface area contributed by atoms with E-state index in [4.69, 9.17) is 4.74 Å². The van der Waals surface area contributed by atoms with Crippen LogP contribution in [-0.4, -0.2) is 0 Å². The van der Waals surface area contributed by atoms with Crippen LogP contribution in [0.25, 0.3) is 0 Å². The fourth-order valence-electron chi connectivity index (χ4n) is 3.08. The number of hydrogen-bond donors (Lipinski definition) is 1. The summed E-state index contributed by atoms with van der Waals surface area (Å²) >= 11 is 2.35. The molecule has 2 aromatic rings. The quantitative estimate of drug-likeness (QED) is 0.701. The van der Waals surface area contributed by atoms with Crippen molar-refractivity contribution in [2.75, 3.05) is 5.32 Å². The fraction of sp³-hybridized carbons (Fsp3) is 0.333. The van der Waals surface area contributed by atoms with Gasteiger partial charge in [0.15, 0.2) is 6.23 Å². The Bertz CT molecular complexity index is 637. The zero-order valence-electron chi connectivity index (χ0n) is 12.4. The molecule has 0 amide bonds. The minimum Gasteiger partial charge on any atom is -0.356 e. The molecule has 0 bridgehead atoms. The molecule has 21 heavy (non-hydrogen) atoms. The van der Waals surface area contributed by atoms with Crippen LogP contribution in [0, 0.1) is 3.57 Å². The molecule has 1 aliphatic rings. The standard InChI is InChI=1S/C18H20INO/c1-3-18(4-2)15-10-5-6-11-16(15)20-17(21-18)13-8-7-9-14(19)12-13/h5-12,17,20H,3-4H2,1-2H3. The highest BCUT2D eigenvalue weighted by atomic mass is 127. The lowest BCUT2D eigenvalue weighted by molar-refractivity contribution is -0.103. The normalized spacial score (nSPS) is 19.7. The van der Waals surface area contributed by atoms with Crippen molar-refractivity contribution < 1.29 is 4.74 Å². The molecule has 0 radical (unpaired) electrons. The van der Waals surface area contributed by atoms with E-state index in [-0.39, 0.29) is 11.8 Å². The van der Waals surface area contributed by atoms with Gasteiger partial charge in [-0.3, -0.25) is 0 Å². The second-order valence-electron chi connectivity index (χ2n) is 5.44. The van der Waals surface area contributed by atoms with Gasteiger partial charge in [0, 0.05) is 20.4 Å². The van der Waals surface area contributed by atoms with E-state index in [0.29, 0.717) is 0 Å². The first kappa shape index (κ1) is 14.9. The van der Waals surface area contributed by atoms with Crippen LogP contribution in [0.15, 0.2) is 48.5 Å². The van der Waals surface area contributed by atoms with Crippen LogP contribution < -0.4 is 5.32 Å². The average Bonchev–Trinajstić information content (AvgIpc) is 2.54. The van der Waals surface area contributed by atoms with Gasteiger partial charge < -0.3 is 10.1 Å². The first-order valence-electron chi connectivity index (χ1n) is 7.48. The summed E-state index contributed by atoms with van der Waals surface area (Å²) in [6.07, 6.45) is 1.86. The lowest BCUT2D eigenvalue weighted by Crippen LogP contribution is -2.37. The van der Waals surface area contributed by atoms with Crippen LogP contribution in [0.2, 0.25) is 0 Å². The summed E-state index contributed by atoms with van der Waals surface area (Å²) in [5.41, 5.74) is 3.45. The number of hydrogen-bond acceptors (Lipinski definition) is 2. The van der Waals surface area contributed by atoms with Gasteiger partial charge in [-0.05, 0) is 53.6 Å². The SMILES string of the molecule is CCC1(CC)OC(c2cccc(I)c2)Nc2ccccc21.